The van der Waals surface area contributed by atoms with Gasteiger partial charge >= 0.3 is 5.97 Å². The van der Waals surface area contributed by atoms with E-state index in [4.69, 9.17) is 4.74 Å². The van der Waals surface area contributed by atoms with Crippen LogP contribution in [-0.4, -0.2) is 19.1 Å². The number of anilines is 1. The fourth-order valence-electron chi connectivity index (χ4n) is 1.82. The third-order valence-electron chi connectivity index (χ3n) is 2.91. The largest absolute Gasteiger partial charge is 0.465 e. The smallest absolute Gasteiger partial charge is 0.339 e. The third-order valence-corrected chi connectivity index (χ3v) is 2.91. The van der Waals surface area contributed by atoms with Gasteiger partial charge in [-0.15, -0.1) is 0 Å². The van der Waals surface area contributed by atoms with Gasteiger partial charge in [0.2, 0.25) is 0 Å². The highest BCUT2D eigenvalue weighted by Gasteiger charge is 2.12. The number of rotatable bonds is 6. The number of ether oxygens (including phenoxy) is 1. The van der Waals surface area contributed by atoms with Crippen LogP contribution < -0.4 is 5.32 Å². The van der Waals surface area contributed by atoms with Crippen molar-refractivity contribution in [2.24, 2.45) is 5.92 Å². The molecule has 3 nitrogen and oxygen atoms in total. The Labute approximate surface area is 110 Å². The van der Waals surface area contributed by atoms with Crippen LogP contribution in [0.2, 0.25) is 0 Å². The monoisotopic (exact) mass is 249 g/mol. The van der Waals surface area contributed by atoms with Crippen molar-refractivity contribution in [2.75, 3.05) is 12.4 Å². The first kappa shape index (κ1) is 14.6. The Balaban J connectivity index is 2.69. The van der Waals surface area contributed by atoms with Crippen LogP contribution >= 0.6 is 0 Å². The normalized spacial score (nSPS) is 12.3. The number of carbonyl (C=O) groups excluding carboxylic acids is 1. The Hall–Kier alpha value is -1.51. The van der Waals surface area contributed by atoms with E-state index in [1.54, 1.807) is 6.07 Å². The van der Waals surface area contributed by atoms with Crippen LogP contribution in [0.5, 0.6) is 0 Å². The summed E-state index contributed by atoms with van der Waals surface area (Å²) < 4.78 is 4.78. The Bertz CT molecular complexity index is 388. The minimum atomic E-state index is -0.297. The van der Waals surface area contributed by atoms with Gasteiger partial charge in [-0.2, -0.15) is 0 Å². The second kappa shape index (κ2) is 7.04. The highest BCUT2D eigenvalue weighted by molar-refractivity contribution is 5.95. The average molecular weight is 249 g/mol. The van der Waals surface area contributed by atoms with Gasteiger partial charge in [-0.1, -0.05) is 26.0 Å². The summed E-state index contributed by atoms with van der Waals surface area (Å²) in [5.41, 5.74) is 1.44. The van der Waals surface area contributed by atoms with Crippen molar-refractivity contribution in [1.82, 2.24) is 0 Å². The lowest BCUT2D eigenvalue weighted by atomic mass is 10.0. The van der Waals surface area contributed by atoms with Gasteiger partial charge in [0.25, 0.3) is 0 Å². The van der Waals surface area contributed by atoms with E-state index in [1.807, 2.05) is 18.2 Å². The predicted molar refractivity (Wildman–Crippen MR) is 74.9 cm³/mol. The summed E-state index contributed by atoms with van der Waals surface area (Å²) in [6.45, 7) is 6.57. The van der Waals surface area contributed by atoms with Crippen LogP contribution in [0.1, 0.15) is 44.0 Å². The van der Waals surface area contributed by atoms with Crippen molar-refractivity contribution in [3.8, 4) is 0 Å². The Morgan fingerprint density at radius 3 is 2.50 bits per heavy atom. The summed E-state index contributed by atoms with van der Waals surface area (Å²) in [5.74, 6) is 0.402. The molecule has 100 valence electrons. The van der Waals surface area contributed by atoms with E-state index in [1.165, 1.54) is 13.5 Å². The minimum absolute atomic E-state index is 0.297. The van der Waals surface area contributed by atoms with E-state index in [-0.39, 0.29) is 5.97 Å². The molecule has 0 radical (unpaired) electrons. The predicted octanol–water partition coefficient (Wildman–Crippen LogP) is 3.71. The lowest BCUT2D eigenvalue weighted by Crippen LogP contribution is -2.18. The number of para-hydroxylation sites is 1. The molecule has 0 heterocycles. The number of esters is 1. The van der Waals surface area contributed by atoms with Crippen LogP contribution in [0.4, 0.5) is 5.69 Å². The molecule has 1 rings (SSSR count). The van der Waals surface area contributed by atoms with Gasteiger partial charge in [-0.3, -0.25) is 0 Å². The summed E-state index contributed by atoms with van der Waals surface area (Å²) in [6.07, 6.45) is 2.27. The van der Waals surface area contributed by atoms with Crippen LogP contribution in [0.25, 0.3) is 0 Å². The van der Waals surface area contributed by atoms with E-state index in [2.05, 4.69) is 26.1 Å². The molecule has 1 unspecified atom stereocenters. The molecule has 3 heteroatoms. The van der Waals surface area contributed by atoms with Crippen LogP contribution in [-0.2, 0) is 4.74 Å². The van der Waals surface area contributed by atoms with Gasteiger partial charge < -0.3 is 10.1 Å². The molecule has 0 amide bonds. The Kier molecular flexibility index (Phi) is 5.69. The number of hydrogen-bond donors (Lipinski definition) is 1. The van der Waals surface area contributed by atoms with Gasteiger partial charge in [0, 0.05) is 11.7 Å². The molecule has 0 fully saturated rings. The maximum absolute atomic E-state index is 11.6. The minimum Gasteiger partial charge on any atom is -0.465 e. The lowest BCUT2D eigenvalue weighted by molar-refractivity contribution is 0.0602. The molecule has 0 saturated carbocycles. The van der Waals surface area contributed by atoms with Gasteiger partial charge in [-0.05, 0) is 37.8 Å². The highest BCUT2D eigenvalue weighted by atomic mass is 16.5. The molecular formula is C15H23NO2. The zero-order valence-corrected chi connectivity index (χ0v) is 11.7. The van der Waals surface area contributed by atoms with E-state index < -0.39 is 0 Å². The number of benzene rings is 1. The highest BCUT2D eigenvalue weighted by Crippen LogP contribution is 2.18. The fraction of sp³-hybridized carbons (Fsp3) is 0.533. The van der Waals surface area contributed by atoms with Gasteiger partial charge in [-0.25, -0.2) is 4.79 Å². The van der Waals surface area contributed by atoms with Crippen molar-refractivity contribution >= 4 is 11.7 Å². The molecule has 1 aromatic carbocycles. The molecular weight excluding hydrogens is 226 g/mol. The maximum Gasteiger partial charge on any atom is 0.339 e. The first-order chi connectivity index (χ1) is 8.54. The van der Waals surface area contributed by atoms with Crippen LogP contribution in [0.15, 0.2) is 24.3 Å². The fourth-order valence-corrected chi connectivity index (χ4v) is 1.82. The molecule has 0 aromatic heterocycles. The molecule has 0 bridgehead atoms. The maximum atomic E-state index is 11.6. The summed E-state index contributed by atoms with van der Waals surface area (Å²) >= 11 is 0. The van der Waals surface area contributed by atoms with E-state index in [0.29, 0.717) is 17.5 Å². The first-order valence-electron chi connectivity index (χ1n) is 6.48. The molecule has 1 aromatic rings. The molecule has 0 aliphatic rings. The summed E-state index contributed by atoms with van der Waals surface area (Å²) in [5, 5.41) is 3.38. The quantitative estimate of drug-likeness (QED) is 0.781. The van der Waals surface area contributed by atoms with Gasteiger partial charge in [0.1, 0.15) is 0 Å². The molecule has 18 heavy (non-hydrogen) atoms. The summed E-state index contributed by atoms with van der Waals surface area (Å²) in [7, 11) is 1.40. The summed E-state index contributed by atoms with van der Waals surface area (Å²) in [4.78, 5) is 11.6. The number of methoxy groups -OCH3 is 1. The van der Waals surface area contributed by atoms with Crippen LogP contribution in [0.3, 0.4) is 0 Å². The second-order valence-electron chi connectivity index (χ2n) is 5.05. The zero-order valence-electron chi connectivity index (χ0n) is 11.7. The molecule has 0 aliphatic carbocycles. The lowest BCUT2D eigenvalue weighted by Gasteiger charge is -2.18. The van der Waals surface area contributed by atoms with Crippen molar-refractivity contribution in [3.63, 3.8) is 0 Å². The van der Waals surface area contributed by atoms with Crippen LogP contribution in [0, 0.1) is 5.92 Å². The van der Waals surface area contributed by atoms with E-state index in [9.17, 15) is 4.79 Å². The summed E-state index contributed by atoms with van der Waals surface area (Å²) in [6, 6.07) is 7.81. The second-order valence-corrected chi connectivity index (χ2v) is 5.05. The topological polar surface area (TPSA) is 38.3 Å². The van der Waals surface area contributed by atoms with E-state index in [0.717, 1.165) is 12.1 Å². The Morgan fingerprint density at radius 1 is 1.22 bits per heavy atom. The van der Waals surface area contributed by atoms with Gasteiger partial charge in [0.05, 0.1) is 12.7 Å². The molecule has 0 saturated heterocycles. The Morgan fingerprint density at radius 2 is 1.89 bits per heavy atom. The number of hydrogen-bond acceptors (Lipinski definition) is 3. The van der Waals surface area contributed by atoms with Crippen molar-refractivity contribution in [2.45, 2.75) is 39.7 Å². The molecule has 1 N–H and O–H groups in total. The van der Waals surface area contributed by atoms with Crippen molar-refractivity contribution in [1.29, 1.82) is 0 Å². The zero-order chi connectivity index (χ0) is 13.5. The number of carbonyl (C=O) groups is 1. The van der Waals surface area contributed by atoms with Crippen molar-refractivity contribution < 1.29 is 9.53 Å². The standard InChI is InChI=1S/C15H23NO2/c1-11(2)9-10-12(3)16-14-8-6-5-7-13(14)15(17)18-4/h5-8,11-12,16H,9-10H2,1-4H3. The molecule has 0 aliphatic heterocycles. The third kappa shape index (κ3) is 4.40. The van der Waals surface area contributed by atoms with Crippen molar-refractivity contribution in [3.05, 3.63) is 29.8 Å². The molecule has 1 atom stereocenters. The SMILES string of the molecule is COC(=O)c1ccccc1NC(C)CCC(C)C. The van der Waals surface area contributed by atoms with E-state index >= 15 is 0 Å². The van der Waals surface area contributed by atoms with Gasteiger partial charge in [0.15, 0.2) is 0 Å². The average Bonchev–Trinajstić information content (AvgIpc) is 2.36. The number of nitrogens with one attached hydrogen (secondary N) is 1. The molecule has 0 spiro atoms. The first-order valence-corrected chi connectivity index (χ1v) is 6.48.